The van der Waals surface area contributed by atoms with E-state index >= 15 is 0 Å². The van der Waals surface area contributed by atoms with Crippen LogP contribution in [0.15, 0.2) is 48.5 Å². The number of hydrogen-bond acceptors (Lipinski definition) is 3. The van der Waals surface area contributed by atoms with E-state index in [1.807, 2.05) is 0 Å². The number of methoxy groups -OCH3 is 1. The standard InChI is InChI=1S/C20H21FN2O3/c1-23(12-19(24)22-15-4-3-5-16(10-15)26-2)20(25)18-11-17(18)13-6-8-14(21)9-7-13/h3-10,17-18H,11-12H2,1-2H3,(H,22,24)/t17-,18-/m0/s1. The number of rotatable bonds is 6. The first-order valence-corrected chi connectivity index (χ1v) is 8.42. The fourth-order valence-corrected chi connectivity index (χ4v) is 3.02. The van der Waals surface area contributed by atoms with Crippen molar-refractivity contribution in [2.75, 3.05) is 26.0 Å². The Morgan fingerprint density at radius 3 is 2.65 bits per heavy atom. The molecule has 1 N–H and O–H groups in total. The summed E-state index contributed by atoms with van der Waals surface area (Å²) in [5, 5.41) is 2.76. The van der Waals surface area contributed by atoms with Gasteiger partial charge in [0, 0.05) is 24.7 Å². The lowest BCUT2D eigenvalue weighted by molar-refractivity contribution is -0.134. The second kappa shape index (κ2) is 7.56. The van der Waals surface area contributed by atoms with Crippen molar-refractivity contribution in [2.24, 2.45) is 5.92 Å². The number of anilines is 1. The molecule has 2 amide bonds. The summed E-state index contributed by atoms with van der Waals surface area (Å²) in [6, 6.07) is 13.3. The molecular formula is C20H21FN2O3. The molecule has 1 aliphatic rings. The first-order chi connectivity index (χ1) is 12.5. The van der Waals surface area contributed by atoms with E-state index in [2.05, 4.69) is 5.32 Å². The van der Waals surface area contributed by atoms with Crippen molar-refractivity contribution in [2.45, 2.75) is 12.3 Å². The van der Waals surface area contributed by atoms with Crippen molar-refractivity contribution in [3.8, 4) is 5.75 Å². The highest BCUT2D eigenvalue weighted by Crippen LogP contribution is 2.48. The molecule has 0 aliphatic heterocycles. The average Bonchev–Trinajstić information content (AvgIpc) is 3.42. The molecule has 5 nitrogen and oxygen atoms in total. The minimum Gasteiger partial charge on any atom is -0.497 e. The van der Waals surface area contributed by atoms with Crippen LogP contribution < -0.4 is 10.1 Å². The zero-order chi connectivity index (χ0) is 18.7. The number of carbonyl (C=O) groups is 2. The molecule has 2 aromatic rings. The highest BCUT2D eigenvalue weighted by Gasteiger charge is 2.45. The van der Waals surface area contributed by atoms with Crippen LogP contribution in [0.25, 0.3) is 0 Å². The van der Waals surface area contributed by atoms with Crippen molar-refractivity contribution in [3.05, 3.63) is 59.9 Å². The molecule has 1 aliphatic carbocycles. The number of benzene rings is 2. The summed E-state index contributed by atoms with van der Waals surface area (Å²) in [6.45, 7) is -0.0251. The van der Waals surface area contributed by atoms with Gasteiger partial charge in [-0.15, -0.1) is 0 Å². The molecule has 0 spiro atoms. The third-order valence-corrected chi connectivity index (χ3v) is 4.52. The van der Waals surface area contributed by atoms with Gasteiger partial charge in [-0.3, -0.25) is 9.59 Å². The third kappa shape index (κ3) is 4.20. The van der Waals surface area contributed by atoms with Crippen LogP contribution in [0.5, 0.6) is 5.75 Å². The van der Waals surface area contributed by atoms with Gasteiger partial charge in [0.2, 0.25) is 11.8 Å². The van der Waals surface area contributed by atoms with Crippen molar-refractivity contribution >= 4 is 17.5 Å². The second-order valence-electron chi connectivity index (χ2n) is 6.47. The summed E-state index contributed by atoms with van der Waals surface area (Å²) in [5.41, 5.74) is 1.57. The lowest BCUT2D eigenvalue weighted by Crippen LogP contribution is -2.36. The fraction of sp³-hybridized carbons (Fsp3) is 0.300. The number of halogens is 1. The lowest BCUT2D eigenvalue weighted by Gasteiger charge is -2.17. The second-order valence-corrected chi connectivity index (χ2v) is 6.47. The first kappa shape index (κ1) is 17.9. The van der Waals surface area contributed by atoms with E-state index in [1.165, 1.54) is 17.0 Å². The molecule has 0 radical (unpaired) electrons. The Kier molecular flexibility index (Phi) is 5.21. The van der Waals surface area contributed by atoms with E-state index in [4.69, 9.17) is 4.74 Å². The normalized spacial score (nSPS) is 18.1. The van der Waals surface area contributed by atoms with E-state index in [1.54, 1.807) is 50.6 Å². The SMILES string of the molecule is COc1cccc(NC(=O)CN(C)C(=O)[C@H]2C[C@H]2c2ccc(F)cc2)c1. The minimum atomic E-state index is -0.288. The van der Waals surface area contributed by atoms with Gasteiger partial charge in [0.1, 0.15) is 11.6 Å². The summed E-state index contributed by atoms with van der Waals surface area (Å²) < 4.78 is 18.1. The Labute approximate surface area is 151 Å². The lowest BCUT2D eigenvalue weighted by atomic mass is 10.1. The van der Waals surface area contributed by atoms with E-state index < -0.39 is 0 Å². The summed E-state index contributed by atoms with van der Waals surface area (Å²) >= 11 is 0. The number of nitrogens with zero attached hydrogens (tertiary/aromatic N) is 1. The van der Waals surface area contributed by atoms with Gasteiger partial charge in [0.05, 0.1) is 13.7 Å². The first-order valence-electron chi connectivity index (χ1n) is 8.42. The maximum Gasteiger partial charge on any atom is 0.243 e. The van der Waals surface area contributed by atoms with Gasteiger partial charge in [-0.25, -0.2) is 4.39 Å². The van der Waals surface area contributed by atoms with Gasteiger partial charge in [-0.2, -0.15) is 0 Å². The highest BCUT2D eigenvalue weighted by molar-refractivity contribution is 5.95. The monoisotopic (exact) mass is 356 g/mol. The fourth-order valence-electron chi connectivity index (χ4n) is 3.02. The predicted molar refractivity (Wildman–Crippen MR) is 96.5 cm³/mol. The molecule has 0 bridgehead atoms. The number of amides is 2. The van der Waals surface area contributed by atoms with Crippen LogP contribution in [-0.2, 0) is 9.59 Å². The van der Waals surface area contributed by atoms with Crippen molar-refractivity contribution in [1.82, 2.24) is 4.90 Å². The van der Waals surface area contributed by atoms with Gasteiger partial charge < -0.3 is 15.0 Å². The molecule has 0 saturated heterocycles. The van der Waals surface area contributed by atoms with Crippen LogP contribution in [0.1, 0.15) is 17.9 Å². The molecule has 26 heavy (non-hydrogen) atoms. The smallest absolute Gasteiger partial charge is 0.243 e. The molecule has 2 aromatic carbocycles. The van der Waals surface area contributed by atoms with E-state index in [9.17, 15) is 14.0 Å². The Balaban J connectivity index is 1.52. The van der Waals surface area contributed by atoms with E-state index in [0.717, 1.165) is 12.0 Å². The minimum absolute atomic E-state index is 0.0251. The van der Waals surface area contributed by atoms with E-state index in [-0.39, 0.29) is 36.0 Å². The molecule has 2 atom stereocenters. The zero-order valence-corrected chi connectivity index (χ0v) is 14.7. The largest absolute Gasteiger partial charge is 0.497 e. The number of ether oxygens (including phenoxy) is 1. The van der Waals surface area contributed by atoms with Gasteiger partial charge in [0.25, 0.3) is 0 Å². The number of carbonyl (C=O) groups excluding carboxylic acids is 2. The Bertz CT molecular complexity index is 807. The summed E-state index contributed by atoms with van der Waals surface area (Å²) in [5.74, 6) is -0.0220. The molecule has 1 fully saturated rings. The number of hydrogen-bond donors (Lipinski definition) is 1. The van der Waals surface area contributed by atoms with Crippen LogP contribution >= 0.6 is 0 Å². The zero-order valence-electron chi connectivity index (χ0n) is 14.7. The molecule has 0 unspecified atom stereocenters. The summed E-state index contributed by atoms with van der Waals surface area (Å²) in [6.07, 6.45) is 0.728. The number of nitrogens with one attached hydrogen (secondary N) is 1. The molecule has 0 aromatic heterocycles. The average molecular weight is 356 g/mol. The van der Waals surface area contributed by atoms with Crippen LogP contribution in [-0.4, -0.2) is 37.4 Å². The molecule has 1 saturated carbocycles. The summed E-state index contributed by atoms with van der Waals surface area (Å²) in [7, 11) is 3.17. The summed E-state index contributed by atoms with van der Waals surface area (Å²) in [4.78, 5) is 26.1. The molecule has 0 heterocycles. The third-order valence-electron chi connectivity index (χ3n) is 4.52. The van der Waals surface area contributed by atoms with Crippen LogP contribution in [0.2, 0.25) is 0 Å². The maximum absolute atomic E-state index is 13.0. The quantitative estimate of drug-likeness (QED) is 0.865. The Morgan fingerprint density at radius 1 is 1.23 bits per heavy atom. The van der Waals surface area contributed by atoms with Gasteiger partial charge in [-0.1, -0.05) is 18.2 Å². The van der Waals surface area contributed by atoms with E-state index in [0.29, 0.717) is 11.4 Å². The molecule has 6 heteroatoms. The Morgan fingerprint density at radius 2 is 1.96 bits per heavy atom. The van der Waals surface area contributed by atoms with Crippen molar-refractivity contribution < 1.29 is 18.7 Å². The predicted octanol–water partition coefficient (Wildman–Crippen LogP) is 3.03. The molecular weight excluding hydrogens is 335 g/mol. The van der Waals surface area contributed by atoms with Gasteiger partial charge in [0.15, 0.2) is 0 Å². The number of likely N-dealkylation sites (N-methyl/N-ethyl adjacent to an activating group) is 1. The maximum atomic E-state index is 13.0. The topological polar surface area (TPSA) is 58.6 Å². The van der Waals surface area contributed by atoms with Gasteiger partial charge >= 0.3 is 0 Å². The molecule has 3 rings (SSSR count). The van der Waals surface area contributed by atoms with Crippen LogP contribution in [0, 0.1) is 11.7 Å². The Hall–Kier alpha value is -2.89. The van der Waals surface area contributed by atoms with Crippen LogP contribution in [0.4, 0.5) is 10.1 Å². The van der Waals surface area contributed by atoms with Gasteiger partial charge in [-0.05, 0) is 42.2 Å². The van der Waals surface area contributed by atoms with Crippen molar-refractivity contribution in [3.63, 3.8) is 0 Å². The van der Waals surface area contributed by atoms with Crippen LogP contribution in [0.3, 0.4) is 0 Å². The van der Waals surface area contributed by atoms with Crippen molar-refractivity contribution in [1.29, 1.82) is 0 Å². The molecule has 136 valence electrons. The highest BCUT2D eigenvalue weighted by atomic mass is 19.1.